The lowest BCUT2D eigenvalue weighted by atomic mass is 9.90. The largest absolute Gasteiger partial charge is 0.508 e. The molecular formula is C27H31N3O3. The van der Waals surface area contributed by atoms with Crippen LogP contribution in [-0.2, 0) is 9.59 Å². The quantitative estimate of drug-likeness (QED) is 0.383. The molecule has 0 aliphatic heterocycles. The molecule has 5 N–H and O–H groups in total. The predicted molar refractivity (Wildman–Crippen MR) is 130 cm³/mol. The van der Waals surface area contributed by atoms with Gasteiger partial charge < -0.3 is 21.5 Å². The van der Waals surface area contributed by atoms with Crippen molar-refractivity contribution in [2.75, 3.05) is 6.54 Å². The van der Waals surface area contributed by atoms with E-state index in [0.717, 1.165) is 16.7 Å². The molecule has 6 nitrogen and oxygen atoms in total. The second-order valence-electron chi connectivity index (χ2n) is 8.07. The first-order chi connectivity index (χ1) is 16.0. The molecule has 0 fully saturated rings. The highest BCUT2D eigenvalue weighted by atomic mass is 16.3. The highest BCUT2D eigenvalue weighted by Crippen LogP contribution is 2.25. The number of amides is 2. The molecule has 0 aromatic heterocycles. The van der Waals surface area contributed by atoms with E-state index >= 15 is 0 Å². The molecular weight excluding hydrogens is 414 g/mol. The fourth-order valence-corrected chi connectivity index (χ4v) is 3.79. The average Bonchev–Trinajstić information content (AvgIpc) is 2.83. The van der Waals surface area contributed by atoms with Crippen LogP contribution in [-0.4, -0.2) is 29.5 Å². The van der Waals surface area contributed by atoms with E-state index in [2.05, 4.69) is 10.6 Å². The van der Waals surface area contributed by atoms with Gasteiger partial charge in [0, 0.05) is 0 Å². The maximum Gasteiger partial charge on any atom is 0.243 e. The number of rotatable bonds is 10. The predicted octanol–water partition coefficient (Wildman–Crippen LogP) is 3.63. The zero-order chi connectivity index (χ0) is 23.6. The van der Waals surface area contributed by atoms with Gasteiger partial charge in [-0.15, -0.1) is 0 Å². The van der Waals surface area contributed by atoms with Crippen molar-refractivity contribution in [3.63, 3.8) is 0 Å². The molecule has 0 aliphatic rings. The molecule has 3 rings (SSSR count). The molecule has 3 aromatic rings. The van der Waals surface area contributed by atoms with Crippen molar-refractivity contribution in [3.05, 3.63) is 102 Å². The van der Waals surface area contributed by atoms with Crippen LogP contribution in [0.25, 0.3) is 0 Å². The number of hydrogen-bond donors (Lipinski definition) is 4. The Kier molecular flexibility index (Phi) is 8.61. The molecule has 33 heavy (non-hydrogen) atoms. The van der Waals surface area contributed by atoms with Crippen molar-refractivity contribution < 1.29 is 14.7 Å². The van der Waals surface area contributed by atoms with Crippen LogP contribution in [0.3, 0.4) is 0 Å². The van der Waals surface area contributed by atoms with Crippen molar-refractivity contribution in [3.8, 4) is 5.75 Å². The molecule has 172 valence electrons. The molecule has 0 aliphatic carbocycles. The van der Waals surface area contributed by atoms with Gasteiger partial charge in [0.15, 0.2) is 0 Å². The van der Waals surface area contributed by atoms with Gasteiger partial charge in [-0.2, -0.15) is 0 Å². The number of nitrogens with one attached hydrogen (secondary N) is 2. The Morgan fingerprint density at radius 1 is 0.788 bits per heavy atom. The molecule has 0 heterocycles. The monoisotopic (exact) mass is 445 g/mol. The lowest BCUT2D eigenvalue weighted by Crippen LogP contribution is -2.48. The molecule has 0 unspecified atom stereocenters. The van der Waals surface area contributed by atoms with Crippen LogP contribution < -0.4 is 16.4 Å². The van der Waals surface area contributed by atoms with Gasteiger partial charge >= 0.3 is 0 Å². The highest BCUT2D eigenvalue weighted by molar-refractivity contribution is 5.92. The van der Waals surface area contributed by atoms with E-state index in [4.69, 9.17) is 5.73 Å². The van der Waals surface area contributed by atoms with E-state index in [0.29, 0.717) is 19.4 Å². The number of carbonyl (C=O) groups excluding carboxylic acids is 2. The third-order valence-electron chi connectivity index (χ3n) is 5.61. The summed E-state index contributed by atoms with van der Waals surface area (Å²) in [7, 11) is 0. The minimum Gasteiger partial charge on any atom is -0.508 e. The summed E-state index contributed by atoms with van der Waals surface area (Å²) in [6.07, 6.45) is 1.04. The minimum atomic E-state index is -0.712. The number of benzene rings is 3. The highest BCUT2D eigenvalue weighted by Gasteiger charge is 2.28. The Hall–Kier alpha value is -3.64. The first kappa shape index (κ1) is 24.0. The number of hydrogen-bond acceptors (Lipinski definition) is 4. The Morgan fingerprint density at radius 3 is 1.85 bits per heavy atom. The van der Waals surface area contributed by atoms with Crippen LogP contribution in [0, 0.1) is 0 Å². The lowest BCUT2D eigenvalue weighted by molar-refractivity contribution is -0.129. The minimum absolute atomic E-state index is 0.165. The summed E-state index contributed by atoms with van der Waals surface area (Å²) in [5.74, 6) is -0.868. The summed E-state index contributed by atoms with van der Waals surface area (Å²) in [5.41, 5.74) is 8.26. The van der Waals surface area contributed by atoms with Crippen LogP contribution in [0.1, 0.15) is 48.4 Å². The Bertz CT molecular complexity index is 984. The number of phenols is 1. The van der Waals surface area contributed by atoms with Gasteiger partial charge in [-0.05, 0) is 55.1 Å². The van der Waals surface area contributed by atoms with Gasteiger partial charge in [0.1, 0.15) is 11.8 Å². The maximum atomic E-state index is 13.5. The van der Waals surface area contributed by atoms with Gasteiger partial charge in [-0.1, -0.05) is 72.8 Å². The molecule has 6 heteroatoms. The van der Waals surface area contributed by atoms with Crippen LogP contribution in [0.2, 0.25) is 0 Å². The SMILES string of the molecule is C[C@@H](NC(=O)[C@@H](CCCN)NC(=O)C(c1ccccc1)c1ccccc1)c1ccc(O)cc1. The first-order valence-corrected chi connectivity index (χ1v) is 11.2. The summed E-state index contributed by atoms with van der Waals surface area (Å²) in [5, 5.41) is 15.4. The Balaban J connectivity index is 1.79. The second kappa shape index (κ2) is 11.8. The molecule has 2 atom stereocenters. The van der Waals surface area contributed by atoms with E-state index in [1.165, 1.54) is 0 Å². The van der Waals surface area contributed by atoms with Crippen molar-refractivity contribution in [1.82, 2.24) is 10.6 Å². The van der Waals surface area contributed by atoms with Gasteiger partial charge in [0.2, 0.25) is 11.8 Å². The normalized spacial score (nSPS) is 12.7. The van der Waals surface area contributed by atoms with Gasteiger partial charge in [-0.3, -0.25) is 9.59 Å². The molecule has 0 saturated heterocycles. The third kappa shape index (κ3) is 6.67. The van der Waals surface area contributed by atoms with Crippen molar-refractivity contribution in [2.45, 2.75) is 37.8 Å². The molecule has 0 bridgehead atoms. The third-order valence-corrected chi connectivity index (χ3v) is 5.61. The molecule has 3 aromatic carbocycles. The summed E-state index contributed by atoms with van der Waals surface area (Å²) < 4.78 is 0. The fraction of sp³-hybridized carbons (Fsp3) is 0.259. The molecule has 0 saturated carbocycles. The van der Waals surface area contributed by atoms with Gasteiger partial charge in [-0.25, -0.2) is 0 Å². The maximum absolute atomic E-state index is 13.5. The van der Waals surface area contributed by atoms with E-state index in [1.807, 2.05) is 67.6 Å². The molecule has 0 radical (unpaired) electrons. The summed E-state index contributed by atoms with van der Waals surface area (Å²) in [4.78, 5) is 26.6. The van der Waals surface area contributed by atoms with Crippen LogP contribution >= 0.6 is 0 Å². The van der Waals surface area contributed by atoms with Crippen molar-refractivity contribution in [1.29, 1.82) is 0 Å². The lowest BCUT2D eigenvalue weighted by Gasteiger charge is -2.24. The average molecular weight is 446 g/mol. The zero-order valence-electron chi connectivity index (χ0n) is 18.8. The number of nitrogens with two attached hydrogens (primary N) is 1. The van der Waals surface area contributed by atoms with Gasteiger partial charge in [0.05, 0.1) is 12.0 Å². The van der Waals surface area contributed by atoms with E-state index in [9.17, 15) is 14.7 Å². The smallest absolute Gasteiger partial charge is 0.243 e. The summed E-state index contributed by atoms with van der Waals surface area (Å²) in [6.45, 7) is 2.29. The van der Waals surface area contributed by atoms with E-state index in [-0.39, 0.29) is 23.6 Å². The van der Waals surface area contributed by atoms with Crippen molar-refractivity contribution in [2.24, 2.45) is 5.73 Å². The fourth-order valence-electron chi connectivity index (χ4n) is 3.79. The Labute approximate surface area is 194 Å². The first-order valence-electron chi connectivity index (χ1n) is 11.2. The number of carbonyl (C=O) groups is 2. The van der Waals surface area contributed by atoms with E-state index in [1.54, 1.807) is 24.3 Å². The number of aromatic hydroxyl groups is 1. The Morgan fingerprint density at radius 2 is 1.33 bits per heavy atom. The topological polar surface area (TPSA) is 104 Å². The second-order valence-corrected chi connectivity index (χ2v) is 8.07. The van der Waals surface area contributed by atoms with E-state index < -0.39 is 12.0 Å². The standard InChI is InChI=1S/C27H31N3O3/c1-19(20-14-16-23(31)17-15-20)29-26(32)24(13-8-18-28)30-27(33)25(21-9-4-2-5-10-21)22-11-6-3-7-12-22/h2-7,9-12,14-17,19,24-25,31H,8,13,18,28H2,1H3,(H,29,32)(H,30,33)/t19-,24-/m1/s1. The number of phenolic OH excluding ortho intramolecular Hbond substituents is 1. The van der Waals surface area contributed by atoms with Crippen LogP contribution in [0.4, 0.5) is 0 Å². The molecule has 2 amide bonds. The van der Waals surface area contributed by atoms with Crippen LogP contribution in [0.15, 0.2) is 84.9 Å². The summed E-state index contributed by atoms with van der Waals surface area (Å²) >= 11 is 0. The summed E-state index contributed by atoms with van der Waals surface area (Å²) in [6, 6.07) is 24.8. The van der Waals surface area contributed by atoms with Crippen molar-refractivity contribution >= 4 is 11.8 Å². The van der Waals surface area contributed by atoms with Crippen LogP contribution in [0.5, 0.6) is 5.75 Å². The molecule has 0 spiro atoms. The van der Waals surface area contributed by atoms with Gasteiger partial charge in [0.25, 0.3) is 0 Å². The zero-order valence-corrected chi connectivity index (χ0v) is 18.8.